The van der Waals surface area contributed by atoms with Crippen molar-refractivity contribution in [1.29, 1.82) is 0 Å². The minimum atomic E-state index is -0.872. The van der Waals surface area contributed by atoms with Gasteiger partial charge in [0.15, 0.2) is 0 Å². The van der Waals surface area contributed by atoms with Gasteiger partial charge in [-0.1, -0.05) is 54.6 Å². The number of amides is 2. The smallest absolute Gasteiger partial charge is 0.329 e. The molecule has 2 N–H and O–H groups in total. The SMILES string of the molecule is C[C@@H](NC(=O)C(=O)N/N=C\c1ccccc1OCc1ccc(F)cc1)c1ccccc1. The summed E-state index contributed by atoms with van der Waals surface area (Å²) >= 11 is 0. The lowest BCUT2D eigenvalue weighted by molar-refractivity contribution is -0.139. The van der Waals surface area contributed by atoms with Crippen LogP contribution in [0.1, 0.15) is 29.7 Å². The highest BCUT2D eigenvalue weighted by Gasteiger charge is 2.16. The van der Waals surface area contributed by atoms with E-state index in [1.165, 1.54) is 18.3 Å². The first-order valence-corrected chi connectivity index (χ1v) is 9.68. The zero-order chi connectivity index (χ0) is 22.1. The standard InChI is InChI=1S/C24H22FN3O3/c1-17(19-7-3-2-4-8-19)27-23(29)24(30)28-26-15-20-9-5-6-10-22(20)31-16-18-11-13-21(25)14-12-18/h2-15,17H,16H2,1H3,(H,27,29)(H,28,30)/b26-15-/t17-/m1/s1. The Bertz CT molecular complexity index is 1050. The summed E-state index contributed by atoms with van der Waals surface area (Å²) in [6.07, 6.45) is 1.39. The Balaban J connectivity index is 1.54. The summed E-state index contributed by atoms with van der Waals surface area (Å²) in [5.41, 5.74) is 4.53. The monoisotopic (exact) mass is 419 g/mol. The lowest BCUT2D eigenvalue weighted by atomic mass is 10.1. The highest BCUT2D eigenvalue weighted by molar-refractivity contribution is 6.35. The van der Waals surface area contributed by atoms with Crippen LogP contribution in [0.25, 0.3) is 0 Å². The molecule has 3 aromatic carbocycles. The fourth-order valence-electron chi connectivity index (χ4n) is 2.76. The molecule has 6 nitrogen and oxygen atoms in total. The summed E-state index contributed by atoms with van der Waals surface area (Å²) in [5.74, 6) is -1.43. The van der Waals surface area contributed by atoms with Gasteiger partial charge >= 0.3 is 11.8 Å². The number of hydrogen-bond acceptors (Lipinski definition) is 4. The predicted octanol–water partition coefficient (Wildman–Crippen LogP) is 3.73. The Morgan fingerprint density at radius 2 is 1.65 bits per heavy atom. The highest BCUT2D eigenvalue weighted by Crippen LogP contribution is 2.18. The quantitative estimate of drug-likeness (QED) is 0.348. The van der Waals surface area contributed by atoms with Crippen molar-refractivity contribution in [3.63, 3.8) is 0 Å². The van der Waals surface area contributed by atoms with Crippen molar-refractivity contribution in [2.45, 2.75) is 19.6 Å². The number of carbonyl (C=O) groups excluding carboxylic acids is 2. The number of nitrogens with one attached hydrogen (secondary N) is 2. The number of hydrazone groups is 1. The van der Waals surface area contributed by atoms with Gasteiger partial charge in [0.1, 0.15) is 18.2 Å². The van der Waals surface area contributed by atoms with Crippen LogP contribution in [0.5, 0.6) is 5.75 Å². The van der Waals surface area contributed by atoms with E-state index in [1.54, 1.807) is 43.3 Å². The van der Waals surface area contributed by atoms with Crippen LogP contribution >= 0.6 is 0 Å². The van der Waals surface area contributed by atoms with Crippen LogP contribution in [0.4, 0.5) is 4.39 Å². The van der Waals surface area contributed by atoms with Gasteiger partial charge < -0.3 is 10.1 Å². The Hall–Kier alpha value is -4.00. The maximum Gasteiger partial charge on any atom is 0.329 e. The van der Waals surface area contributed by atoms with E-state index in [0.717, 1.165) is 11.1 Å². The number of hydrogen-bond donors (Lipinski definition) is 2. The van der Waals surface area contributed by atoms with E-state index in [-0.39, 0.29) is 18.5 Å². The molecule has 0 bridgehead atoms. The Kier molecular flexibility index (Phi) is 7.48. The molecule has 0 fully saturated rings. The fraction of sp³-hybridized carbons (Fsp3) is 0.125. The minimum absolute atomic E-state index is 0.247. The molecule has 1 atom stereocenters. The molecule has 0 aromatic heterocycles. The van der Waals surface area contributed by atoms with Crippen LogP contribution in [0.15, 0.2) is 84.0 Å². The molecule has 7 heteroatoms. The van der Waals surface area contributed by atoms with Crippen molar-refractivity contribution in [1.82, 2.24) is 10.7 Å². The second kappa shape index (κ2) is 10.7. The average molecular weight is 419 g/mol. The van der Waals surface area contributed by atoms with E-state index < -0.39 is 11.8 Å². The van der Waals surface area contributed by atoms with Crippen LogP contribution < -0.4 is 15.5 Å². The first-order chi connectivity index (χ1) is 15.0. The first kappa shape index (κ1) is 21.7. The van der Waals surface area contributed by atoms with Gasteiger partial charge in [-0.3, -0.25) is 9.59 Å². The molecule has 0 unspecified atom stereocenters. The molecule has 2 amide bonds. The van der Waals surface area contributed by atoms with E-state index in [0.29, 0.717) is 11.3 Å². The van der Waals surface area contributed by atoms with Gasteiger partial charge in [-0.05, 0) is 42.3 Å². The normalized spacial score (nSPS) is 11.7. The maximum absolute atomic E-state index is 13.0. The number of carbonyl (C=O) groups is 2. The number of halogens is 1. The fourth-order valence-corrected chi connectivity index (χ4v) is 2.76. The first-order valence-electron chi connectivity index (χ1n) is 9.68. The summed E-state index contributed by atoms with van der Waals surface area (Å²) in [6.45, 7) is 2.04. The topological polar surface area (TPSA) is 79.8 Å². The van der Waals surface area contributed by atoms with E-state index in [2.05, 4.69) is 15.8 Å². The Morgan fingerprint density at radius 3 is 2.39 bits per heavy atom. The Labute approximate surface area is 179 Å². The van der Waals surface area contributed by atoms with Crippen molar-refractivity contribution in [2.75, 3.05) is 0 Å². The molecule has 0 heterocycles. The van der Waals surface area contributed by atoms with Crippen molar-refractivity contribution < 1.29 is 18.7 Å². The van der Waals surface area contributed by atoms with Gasteiger partial charge in [-0.25, -0.2) is 9.82 Å². The zero-order valence-corrected chi connectivity index (χ0v) is 16.9. The second-order valence-electron chi connectivity index (χ2n) is 6.76. The second-order valence-corrected chi connectivity index (χ2v) is 6.76. The summed E-state index contributed by atoms with van der Waals surface area (Å²) in [7, 11) is 0. The number of para-hydroxylation sites is 1. The molecule has 31 heavy (non-hydrogen) atoms. The number of rotatable bonds is 7. The largest absolute Gasteiger partial charge is 0.488 e. The minimum Gasteiger partial charge on any atom is -0.488 e. The van der Waals surface area contributed by atoms with Crippen LogP contribution in [-0.4, -0.2) is 18.0 Å². The van der Waals surface area contributed by atoms with Gasteiger partial charge in [-0.2, -0.15) is 5.10 Å². The average Bonchev–Trinajstić information content (AvgIpc) is 2.80. The predicted molar refractivity (Wildman–Crippen MR) is 116 cm³/mol. The molecule has 3 rings (SSSR count). The molecule has 0 aliphatic carbocycles. The van der Waals surface area contributed by atoms with Gasteiger partial charge in [0.05, 0.1) is 12.3 Å². The molecular formula is C24H22FN3O3. The lowest BCUT2D eigenvalue weighted by Gasteiger charge is -2.13. The molecular weight excluding hydrogens is 397 g/mol. The number of ether oxygens (including phenoxy) is 1. The van der Waals surface area contributed by atoms with Gasteiger partial charge in [0, 0.05) is 5.56 Å². The number of benzene rings is 3. The van der Waals surface area contributed by atoms with Gasteiger partial charge in [-0.15, -0.1) is 0 Å². The van der Waals surface area contributed by atoms with Crippen LogP contribution in [-0.2, 0) is 16.2 Å². The highest BCUT2D eigenvalue weighted by atomic mass is 19.1. The number of nitrogens with zero attached hydrogens (tertiary/aromatic N) is 1. The van der Waals surface area contributed by atoms with Crippen molar-refractivity contribution in [3.8, 4) is 5.75 Å². The molecule has 0 radical (unpaired) electrons. The molecule has 0 aliphatic rings. The summed E-state index contributed by atoms with van der Waals surface area (Å²) in [6, 6.07) is 22.1. The van der Waals surface area contributed by atoms with E-state index in [9.17, 15) is 14.0 Å². The maximum atomic E-state index is 13.0. The van der Waals surface area contributed by atoms with Crippen molar-refractivity contribution >= 4 is 18.0 Å². The van der Waals surface area contributed by atoms with E-state index in [1.807, 2.05) is 30.3 Å². The third-order valence-electron chi connectivity index (χ3n) is 4.45. The molecule has 0 aliphatic heterocycles. The van der Waals surface area contributed by atoms with Gasteiger partial charge in [0.2, 0.25) is 0 Å². The van der Waals surface area contributed by atoms with Gasteiger partial charge in [0.25, 0.3) is 0 Å². The molecule has 158 valence electrons. The van der Waals surface area contributed by atoms with Crippen LogP contribution in [0, 0.1) is 5.82 Å². The summed E-state index contributed by atoms with van der Waals surface area (Å²) in [4.78, 5) is 24.1. The summed E-state index contributed by atoms with van der Waals surface area (Å²) in [5, 5.41) is 6.48. The molecule has 0 spiro atoms. The van der Waals surface area contributed by atoms with E-state index in [4.69, 9.17) is 4.74 Å². The van der Waals surface area contributed by atoms with Crippen molar-refractivity contribution in [2.24, 2.45) is 5.10 Å². The van der Waals surface area contributed by atoms with E-state index >= 15 is 0 Å². The van der Waals surface area contributed by atoms with Crippen LogP contribution in [0.2, 0.25) is 0 Å². The summed E-state index contributed by atoms with van der Waals surface area (Å²) < 4.78 is 18.8. The lowest BCUT2D eigenvalue weighted by Crippen LogP contribution is -2.39. The Morgan fingerprint density at radius 1 is 0.968 bits per heavy atom. The molecule has 3 aromatic rings. The third-order valence-corrected chi connectivity index (χ3v) is 4.45. The molecule has 0 saturated carbocycles. The third kappa shape index (κ3) is 6.50. The van der Waals surface area contributed by atoms with Crippen LogP contribution in [0.3, 0.4) is 0 Å². The molecule has 0 saturated heterocycles. The zero-order valence-electron chi connectivity index (χ0n) is 16.9. The van der Waals surface area contributed by atoms with Crippen molar-refractivity contribution in [3.05, 3.63) is 101 Å².